The fourth-order valence-electron chi connectivity index (χ4n) is 2.09. The molecule has 1 unspecified atom stereocenters. The van der Waals surface area contributed by atoms with Gasteiger partial charge in [-0.05, 0) is 48.2 Å². The maximum absolute atomic E-state index is 13.4. The molecule has 3 N–H and O–H groups in total. The molecular formula is C15H14Cl3FN2. The minimum Gasteiger partial charge on any atom is -0.271 e. The molecule has 0 aliphatic carbocycles. The summed E-state index contributed by atoms with van der Waals surface area (Å²) in [5, 5.41) is 1.13. The Kier molecular flexibility index (Phi) is 5.85. The molecule has 0 heterocycles. The summed E-state index contributed by atoms with van der Waals surface area (Å²) >= 11 is 17.5. The zero-order chi connectivity index (χ0) is 15.4. The maximum atomic E-state index is 13.4. The second-order valence-electron chi connectivity index (χ2n) is 4.77. The summed E-state index contributed by atoms with van der Waals surface area (Å²) in [6.45, 7) is 0. The van der Waals surface area contributed by atoms with Crippen LogP contribution in [0.2, 0.25) is 15.1 Å². The van der Waals surface area contributed by atoms with Crippen molar-refractivity contribution in [2.45, 2.75) is 18.9 Å². The number of nitrogens with two attached hydrogens (primary N) is 1. The monoisotopic (exact) mass is 346 g/mol. The molecular weight excluding hydrogens is 334 g/mol. The van der Waals surface area contributed by atoms with E-state index in [4.69, 9.17) is 40.6 Å². The number of benzene rings is 2. The van der Waals surface area contributed by atoms with Crippen molar-refractivity contribution in [3.63, 3.8) is 0 Å². The van der Waals surface area contributed by atoms with E-state index in [1.54, 1.807) is 24.3 Å². The van der Waals surface area contributed by atoms with E-state index in [1.165, 1.54) is 6.07 Å². The van der Waals surface area contributed by atoms with E-state index in [9.17, 15) is 4.39 Å². The molecule has 0 saturated heterocycles. The largest absolute Gasteiger partial charge is 0.271 e. The molecule has 112 valence electrons. The van der Waals surface area contributed by atoms with Gasteiger partial charge in [0, 0.05) is 6.04 Å². The third kappa shape index (κ3) is 4.56. The molecule has 6 heteroatoms. The van der Waals surface area contributed by atoms with E-state index in [0.29, 0.717) is 22.9 Å². The van der Waals surface area contributed by atoms with Gasteiger partial charge in [-0.3, -0.25) is 11.3 Å². The molecule has 21 heavy (non-hydrogen) atoms. The third-order valence-electron chi connectivity index (χ3n) is 3.17. The Balaban J connectivity index is 2.08. The lowest BCUT2D eigenvalue weighted by Gasteiger charge is -2.16. The second kappa shape index (κ2) is 7.43. The van der Waals surface area contributed by atoms with Crippen LogP contribution in [0.4, 0.5) is 4.39 Å². The molecule has 0 radical (unpaired) electrons. The van der Waals surface area contributed by atoms with Crippen molar-refractivity contribution in [2.24, 2.45) is 5.84 Å². The maximum Gasteiger partial charge on any atom is 0.142 e. The second-order valence-corrected chi connectivity index (χ2v) is 5.99. The van der Waals surface area contributed by atoms with E-state index in [-0.39, 0.29) is 11.1 Å². The quantitative estimate of drug-likeness (QED) is 0.621. The van der Waals surface area contributed by atoms with E-state index in [0.717, 1.165) is 11.1 Å². The van der Waals surface area contributed by atoms with Crippen LogP contribution in [0.3, 0.4) is 0 Å². The number of nitrogens with one attached hydrogen (secondary N) is 1. The van der Waals surface area contributed by atoms with Gasteiger partial charge in [-0.2, -0.15) is 0 Å². The molecule has 0 bridgehead atoms. The van der Waals surface area contributed by atoms with Crippen molar-refractivity contribution in [1.29, 1.82) is 0 Å². The summed E-state index contributed by atoms with van der Waals surface area (Å²) in [5.41, 5.74) is 4.56. The summed E-state index contributed by atoms with van der Waals surface area (Å²) in [4.78, 5) is 0. The highest BCUT2D eigenvalue weighted by Crippen LogP contribution is 2.24. The van der Waals surface area contributed by atoms with Crippen molar-refractivity contribution in [2.75, 3.05) is 0 Å². The highest BCUT2D eigenvalue weighted by atomic mass is 35.5. The van der Waals surface area contributed by atoms with Crippen molar-refractivity contribution in [1.82, 2.24) is 5.43 Å². The minimum atomic E-state index is -0.431. The van der Waals surface area contributed by atoms with Crippen LogP contribution in [0.1, 0.15) is 11.1 Å². The molecule has 0 amide bonds. The Labute approximate surface area is 138 Å². The Morgan fingerprint density at radius 3 is 2.00 bits per heavy atom. The van der Waals surface area contributed by atoms with Crippen molar-refractivity contribution < 1.29 is 4.39 Å². The molecule has 0 aliphatic rings. The van der Waals surface area contributed by atoms with E-state index < -0.39 is 5.82 Å². The normalized spacial score (nSPS) is 12.4. The molecule has 0 aliphatic heterocycles. The van der Waals surface area contributed by atoms with Crippen molar-refractivity contribution in [3.8, 4) is 0 Å². The lowest BCUT2D eigenvalue weighted by Crippen LogP contribution is -2.38. The zero-order valence-electron chi connectivity index (χ0n) is 11.0. The molecule has 1 atom stereocenters. The average Bonchev–Trinajstić information content (AvgIpc) is 2.46. The van der Waals surface area contributed by atoms with Gasteiger partial charge in [0.1, 0.15) is 5.82 Å². The Bertz CT molecular complexity index is 581. The Hall–Kier alpha value is -0.840. The van der Waals surface area contributed by atoms with Crippen LogP contribution in [0.25, 0.3) is 0 Å². The number of halogens is 4. The Morgan fingerprint density at radius 1 is 0.905 bits per heavy atom. The van der Waals surface area contributed by atoms with E-state index in [2.05, 4.69) is 5.43 Å². The lowest BCUT2D eigenvalue weighted by molar-refractivity contribution is 0.520. The predicted molar refractivity (Wildman–Crippen MR) is 86.4 cm³/mol. The number of rotatable bonds is 5. The number of hydrazine groups is 1. The van der Waals surface area contributed by atoms with Gasteiger partial charge in [-0.15, -0.1) is 0 Å². The van der Waals surface area contributed by atoms with Gasteiger partial charge < -0.3 is 0 Å². The summed E-state index contributed by atoms with van der Waals surface area (Å²) in [5.74, 6) is 5.14. The zero-order valence-corrected chi connectivity index (χ0v) is 13.3. The molecule has 0 fully saturated rings. The Morgan fingerprint density at radius 2 is 1.48 bits per heavy atom. The van der Waals surface area contributed by atoms with Gasteiger partial charge in [0.05, 0.1) is 15.1 Å². The lowest BCUT2D eigenvalue weighted by atomic mass is 9.99. The van der Waals surface area contributed by atoms with Crippen LogP contribution in [0.5, 0.6) is 0 Å². The number of hydrogen-bond acceptors (Lipinski definition) is 2. The standard InChI is InChI=1S/C15H14Cl3FN2/c16-12-3-1-9(7-14(12)18)5-11(21-20)6-10-2-4-13(17)15(19)8-10/h1-4,7-8,11,21H,5-6,20H2. The van der Waals surface area contributed by atoms with Gasteiger partial charge in [-0.1, -0.05) is 46.9 Å². The number of hydrogen-bond donors (Lipinski definition) is 2. The van der Waals surface area contributed by atoms with Crippen molar-refractivity contribution in [3.05, 3.63) is 68.4 Å². The first-order valence-corrected chi connectivity index (χ1v) is 7.47. The van der Waals surface area contributed by atoms with Gasteiger partial charge in [0.2, 0.25) is 0 Å². The third-order valence-corrected chi connectivity index (χ3v) is 4.21. The summed E-state index contributed by atoms with van der Waals surface area (Å²) < 4.78 is 13.4. The van der Waals surface area contributed by atoms with Gasteiger partial charge in [0.25, 0.3) is 0 Å². The van der Waals surface area contributed by atoms with Gasteiger partial charge in [-0.25, -0.2) is 4.39 Å². The fraction of sp³-hybridized carbons (Fsp3) is 0.200. The first kappa shape index (κ1) is 16.5. The first-order valence-electron chi connectivity index (χ1n) is 6.33. The van der Waals surface area contributed by atoms with Crippen molar-refractivity contribution >= 4 is 34.8 Å². The molecule has 0 spiro atoms. The summed E-state index contributed by atoms with van der Waals surface area (Å²) in [6, 6.07) is 10.1. The summed E-state index contributed by atoms with van der Waals surface area (Å²) in [6.07, 6.45) is 1.22. The molecule has 0 aromatic heterocycles. The van der Waals surface area contributed by atoms with Crippen LogP contribution in [0, 0.1) is 5.82 Å². The van der Waals surface area contributed by atoms with E-state index >= 15 is 0 Å². The SMILES string of the molecule is NNC(Cc1ccc(Cl)c(F)c1)Cc1ccc(Cl)c(Cl)c1. The summed E-state index contributed by atoms with van der Waals surface area (Å²) in [7, 11) is 0. The van der Waals surface area contributed by atoms with Gasteiger partial charge >= 0.3 is 0 Å². The molecule has 2 aromatic carbocycles. The smallest absolute Gasteiger partial charge is 0.142 e. The fourth-order valence-corrected chi connectivity index (χ4v) is 2.53. The average molecular weight is 348 g/mol. The highest BCUT2D eigenvalue weighted by molar-refractivity contribution is 6.42. The molecule has 2 aromatic rings. The van der Waals surface area contributed by atoms with E-state index in [1.807, 2.05) is 6.07 Å². The van der Waals surface area contributed by atoms with Crippen LogP contribution >= 0.6 is 34.8 Å². The molecule has 2 rings (SSSR count). The minimum absolute atomic E-state index is 0.0529. The topological polar surface area (TPSA) is 38.0 Å². The van der Waals surface area contributed by atoms with Crippen LogP contribution in [-0.4, -0.2) is 6.04 Å². The van der Waals surface area contributed by atoms with Crippen LogP contribution < -0.4 is 11.3 Å². The van der Waals surface area contributed by atoms with Crippen LogP contribution in [0.15, 0.2) is 36.4 Å². The first-order chi connectivity index (χ1) is 9.99. The predicted octanol–water partition coefficient (Wildman–Crippen LogP) is 4.40. The highest BCUT2D eigenvalue weighted by Gasteiger charge is 2.11. The molecule has 0 saturated carbocycles. The van der Waals surface area contributed by atoms with Gasteiger partial charge in [0.15, 0.2) is 0 Å². The van der Waals surface area contributed by atoms with Crippen LogP contribution in [-0.2, 0) is 12.8 Å². The molecule has 2 nitrogen and oxygen atoms in total.